The van der Waals surface area contributed by atoms with E-state index in [1.165, 1.54) is 7.11 Å². The molecule has 25 heavy (non-hydrogen) atoms. The van der Waals surface area contributed by atoms with Gasteiger partial charge >= 0.3 is 0 Å². The van der Waals surface area contributed by atoms with Crippen molar-refractivity contribution < 1.29 is 23.9 Å². The van der Waals surface area contributed by atoms with Crippen molar-refractivity contribution >= 4 is 34.9 Å². The molecule has 7 nitrogen and oxygen atoms in total. The topological polar surface area (TPSA) is 98.9 Å². The van der Waals surface area contributed by atoms with Gasteiger partial charge in [-0.25, -0.2) is 0 Å². The van der Waals surface area contributed by atoms with E-state index in [4.69, 9.17) is 15.2 Å². The van der Waals surface area contributed by atoms with Crippen LogP contribution < -0.4 is 15.2 Å². The van der Waals surface area contributed by atoms with Crippen LogP contribution in [0, 0.1) is 0 Å². The highest BCUT2D eigenvalue weighted by molar-refractivity contribution is 8.18. The van der Waals surface area contributed by atoms with Crippen molar-refractivity contribution in [3.63, 3.8) is 0 Å². The molecule has 1 aromatic rings. The zero-order valence-electron chi connectivity index (χ0n) is 14.3. The molecule has 1 aliphatic rings. The van der Waals surface area contributed by atoms with E-state index in [2.05, 4.69) is 0 Å². The maximum atomic E-state index is 12.2. The Hall–Kier alpha value is -2.48. The van der Waals surface area contributed by atoms with Gasteiger partial charge in [0.25, 0.3) is 11.1 Å². The molecule has 2 N–H and O–H groups in total. The highest BCUT2D eigenvalue weighted by Gasteiger charge is 2.35. The van der Waals surface area contributed by atoms with Gasteiger partial charge in [-0.2, -0.15) is 0 Å². The van der Waals surface area contributed by atoms with Crippen LogP contribution in [0.5, 0.6) is 11.5 Å². The second-order valence-corrected chi connectivity index (χ2v) is 6.47. The fourth-order valence-corrected chi connectivity index (χ4v) is 2.95. The molecule has 1 atom stereocenters. The molecule has 0 aliphatic carbocycles. The largest absolute Gasteiger partial charge is 0.493 e. The normalized spacial score (nSPS) is 17.1. The molecule has 1 fully saturated rings. The molecule has 1 aromatic carbocycles. The Morgan fingerprint density at radius 1 is 1.36 bits per heavy atom. The number of methoxy groups -OCH3 is 1. The van der Waals surface area contributed by atoms with Crippen LogP contribution in [-0.2, 0) is 9.59 Å². The summed E-state index contributed by atoms with van der Waals surface area (Å²) in [5, 5.41) is -0.515. The van der Waals surface area contributed by atoms with E-state index in [-0.39, 0.29) is 11.0 Å². The van der Waals surface area contributed by atoms with Crippen LogP contribution >= 0.6 is 11.8 Å². The number of carbonyl (C=O) groups is 3. The molecule has 8 heteroatoms. The molecule has 134 valence electrons. The van der Waals surface area contributed by atoms with Gasteiger partial charge in [0.05, 0.1) is 18.1 Å². The summed E-state index contributed by atoms with van der Waals surface area (Å²) in [6, 6.07) is 5.24. The monoisotopic (exact) mass is 364 g/mol. The molecule has 0 aromatic heterocycles. The number of hydrogen-bond donors (Lipinski definition) is 1. The van der Waals surface area contributed by atoms with Gasteiger partial charge in [0.2, 0.25) is 5.91 Å². The van der Waals surface area contributed by atoms with Crippen LogP contribution in [0.4, 0.5) is 4.79 Å². The lowest BCUT2D eigenvalue weighted by atomic mass is 10.1. The number of ether oxygens (including phenoxy) is 2. The minimum atomic E-state index is -0.739. The Bertz CT molecular complexity index is 732. The lowest BCUT2D eigenvalue weighted by molar-refractivity contribution is -0.127. The van der Waals surface area contributed by atoms with E-state index in [0.717, 1.165) is 23.1 Å². The summed E-state index contributed by atoms with van der Waals surface area (Å²) >= 11 is 0.769. The molecular weight excluding hydrogens is 344 g/mol. The van der Waals surface area contributed by atoms with Gasteiger partial charge in [-0.05, 0) is 48.9 Å². The van der Waals surface area contributed by atoms with Gasteiger partial charge in [-0.15, -0.1) is 0 Å². The van der Waals surface area contributed by atoms with Crippen LogP contribution in [0.3, 0.4) is 0 Å². The van der Waals surface area contributed by atoms with Crippen LogP contribution in [0.25, 0.3) is 6.08 Å². The fraction of sp³-hybridized carbons (Fsp3) is 0.353. The third kappa shape index (κ3) is 4.54. The van der Waals surface area contributed by atoms with E-state index < -0.39 is 23.6 Å². The Labute approximate surface area is 150 Å². The van der Waals surface area contributed by atoms with Crippen molar-refractivity contribution in [2.24, 2.45) is 5.73 Å². The van der Waals surface area contributed by atoms with E-state index in [1.807, 2.05) is 13.8 Å². The molecule has 0 radical (unpaired) electrons. The lowest BCUT2D eigenvalue weighted by Gasteiger charge is -2.15. The van der Waals surface area contributed by atoms with Crippen molar-refractivity contribution in [2.75, 3.05) is 13.7 Å². The average Bonchev–Trinajstić information content (AvgIpc) is 2.83. The standard InChI is InChI=1S/C17H20N2O5S/c1-4-10(2)24-12-6-5-11(7-13(12)23-3)8-14-16(21)19(9-15(18)20)17(22)25-14/h5-8,10H,4,9H2,1-3H3,(H2,18,20)/b14-8-. The number of primary amides is 1. The molecule has 0 bridgehead atoms. The highest BCUT2D eigenvalue weighted by Crippen LogP contribution is 2.34. The fourth-order valence-electron chi connectivity index (χ4n) is 2.11. The maximum absolute atomic E-state index is 12.2. The van der Waals surface area contributed by atoms with E-state index >= 15 is 0 Å². The lowest BCUT2D eigenvalue weighted by Crippen LogP contribution is -2.36. The summed E-state index contributed by atoms with van der Waals surface area (Å²) in [6.45, 7) is 3.56. The van der Waals surface area contributed by atoms with Crippen molar-refractivity contribution in [3.8, 4) is 11.5 Å². The Morgan fingerprint density at radius 2 is 2.08 bits per heavy atom. The summed E-state index contributed by atoms with van der Waals surface area (Å²) in [7, 11) is 1.53. The SMILES string of the molecule is CCC(C)Oc1ccc(/C=C2\SC(=O)N(CC(N)=O)C2=O)cc1OC. The first-order chi connectivity index (χ1) is 11.8. The minimum Gasteiger partial charge on any atom is -0.493 e. The summed E-state index contributed by atoms with van der Waals surface area (Å²) in [4.78, 5) is 36.1. The second-order valence-electron chi connectivity index (χ2n) is 5.48. The van der Waals surface area contributed by atoms with Crippen molar-refractivity contribution in [1.82, 2.24) is 4.90 Å². The molecule has 3 amide bonds. The average molecular weight is 364 g/mol. The number of benzene rings is 1. The number of hydrogen-bond acceptors (Lipinski definition) is 6. The van der Waals surface area contributed by atoms with Crippen molar-refractivity contribution in [2.45, 2.75) is 26.4 Å². The minimum absolute atomic E-state index is 0.0463. The van der Waals surface area contributed by atoms with E-state index in [0.29, 0.717) is 17.1 Å². The molecule has 1 saturated heterocycles. The third-order valence-corrected chi connectivity index (χ3v) is 4.48. The molecule has 1 aliphatic heterocycles. The predicted molar refractivity (Wildman–Crippen MR) is 95.2 cm³/mol. The highest BCUT2D eigenvalue weighted by atomic mass is 32.2. The first kappa shape index (κ1) is 18.9. The first-order valence-corrected chi connectivity index (χ1v) is 8.55. The van der Waals surface area contributed by atoms with Crippen LogP contribution in [-0.4, -0.2) is 41.7 Å². The van der Waals surface area contributed by atoms with Crippen molar-refractivity contribution in [3.05, 3.63) is 28.7 Å². The van der Waals surface area contributed by atoms with Gasteiger partial charge in [-0.3, -0.25) is 19.3 Å². The van der Waals surface area contributed by atoms with Crippen LogP contribution in [0.2, 0.25) is 0 Å². The zero-order valence-corrected chi connectivity index (χ0v) is 15.1. The molecule has 2 rings (SSSR count). The molecule has 0 spiro atoms. The third-order valence-electron chi connectivity index (χ3n) is 3.58. The van der Waals surface area contributed by atoms with Gasteiger partial charge < -0.3 is 15.2 Å². The number of thioether (sulfide) groups is 1. The summed E-state index contributed by atoms with van der Waals surface area (Å²) in [6.07, 6.45) is 2.48. The maximum Gasteiger partial charge on any atom is 0.294 e. The number of nitrogens with two attached hydrogens (primary N) is 1. The predicted octanol–water partition coefficient (Wildman–Crippen LogP) is 2.39. The van der Waals surface area contributed by atoms with Gasteiger partial charge in [0, 0.05) is 0 Å². The Kier molecular flexibility index (Phi) is 6.08. The molecule has 1 heterocycles. The smallest absolute Gasteiger partial charge is 0.294 e. The molecule has 0 saturated carbocycles. The quantitative estimate of drug-likeness (QED) is 0.746. The van der Waals surface area contributed by atoms with Crippen LogP contribution in [0.1, 0.15) is 25.8 Å². The van der Waals surface area contributed by atoms with Gasteiger partial charge in [0.15, 0.2) is 11.5 Å². The van der Waals surface area contributed by atoms with Crippen molar-refractivity contribution in [1.29, 1.82) is 0 Å². The number of carbonyl (C=O) groups excluding carboxylic acids is 3. The van der Waals surface area contributed by atoms with Crippen LogP contribution in [0.15, 0.2) is 23.1 Å². The van der Waals surface area contributed by atoms with E-state index in [1.54, 1.807) is 24.3 Å². The number of imide groups is 1. The van der Waals surface area contributed by atoms with Gasteiger partial charge in [0.1, 0.15) is 6.54 Å². The number of rotatable bonds is 7. The number of amides is 3. The van der Waals surface area contributed by atoms with E-state index in [9.17, 15) is 14.4 Å². The first-order valence-electron chi connectivity index (χ1n) is 7.74. The molecular formula is C17H20N2O5S. The molecule has 1 unspecified atom stereocenters. The van der Waals surface area contributed by atoms with Gasteiger partial charge in [-0.1, -0.05) is 13.0 Å². The summed E-state index contributed by atoms with van der Waals surface area (Å²) < 4.78 is 11.1. The summed E-state index contributed by atoms with van der Waals surface area (Å²) in [5.74, 6) is -0.134. The zero-order chi connectivity index (χ0) is 18.6. The summed E-state index contributed by atoms with van der Waals surface area (Å²) in [5.41, 5.74) is 5.73. The second kappa shape index (κ2) is 8.06. The Balaban J connectivity index is 2.25. The number of nitrogens with zero attached hydrogens (tertiary/aromatic N) is 1. The Morgan fingerprint density at radius 3 is 2.68 bits per heavy atom.